The van der Waals surface area contributed by atoms with Crippen molar-refractivity contribution in [3.63, 3.8) is 0 Å². The first-order valence-corrected chi connectivity index (χ1v) is 8.44. The molecule has 8 nitrogen and oxygen atoms in total. The van der Waals surface area contributed by atoms with Crippen molar-refractivity contribution < 1.29 is 26.9 Å². The zero-order chi connectivity index (χ0) is 18.1. The lowest BCUT2D eigenvalue weighted by atomic mass is 10.2. The predicted octanol–water partition coefficient (Wildman–Crippen LogP) is 2.69. The Balaban J connectivity index is 2.38. The maximum absolute atomic E-state index is 13.8. The van der Waals surface area contributed by atoms with Crippen LogP contribution in [-0.2, 0) is 14.8 Å². The van der Waals surface area contributed by atoms with Crippen molar-refractivity contribution in [2.45, 2.75) is 11.1 Å². The van der Waals surface area contributed by atoms with Crippen LogP contribution in [0.5, 0.6) is 0 Å². The van der Waals surface area contributed by atoms with Gasteiger partial charge in [-0.05, 0) is 23.5 Å². The first kappa shape index (κ1) is 17.7. The average molecular weight is 377 g/mol. The summed E-state index contributed by atoms with van der Waals surface area (Å²) in [6.45, 7) is 1.09. The normalized spacial score (nSPS) is 11.1. The van der Waals surface area contributed by atoms with Crippen molar-refractivity contribution in [2.75, 3.05) is 10.0 Å². The molecule has 12 heteroatoms. The van der Waals surface area contributed by atoms with Gasteiger partial charge in [0.15, 0.2) is 0 Å². The monoisotopic (exact) mass is 377 g/mol. The molecule has 2 rings (SSSR count). The summed E-state index contributed by atoms with van der Waals surface area (Å²) in [6, 6.07) is 3.15. The van der Waals surface area contributed by atoms with Crippen LogP contribution in [0.15, 0.2) is 28.5 Å². The van der Waals surface area contributed by atoms with Gasteiger partial charge in [-0.15, -0.1) is 0 Å². The first-order chi connectivity index (χ1) is 11.1. The van der Waals surface area contributed by atoms with Gasteiger partial charge < -0.3 is 5.32 Å². The zero-order valence-electron chi connectivity index (χ0n) is 11.9. The summed E-state index contributed by atoms with van der Waals surface area (Å²) in [5.41, 5.74) is -1.03. The third-order valence-corrected chi connectivity index (χ3v) is 5.52. The number of halogens is 2. The zero-order valence-corrected chi connectivity index (χ0v) is 13.5. The van der Waals surface area contributed by atoms with E-state index in [0.29, 0.717) is 17.4 Å². The van der Waals surface area contributed by atoms with Gasteiger partial charge in [0, 0.05) is 19.1 Å². The van der Waals surface area contributed by atoms with Crippen molar-refractivity contribution in [3.05, 3.63) is 46.0 Å². The Labute approximate surface area is 138 Å². The van der Waals surface area contributed by atoms with Crippen molar-refractivity contribution in [1.29, 1.82) is 0 Å². The smallest absolute Gasteiger partial charge is 0.324 e. The Kier molecular flexibility index (Phi) is 4.80. The molecule has 0 bridgehead atoms. The first-order valence-electron chi connectivity index (χ1n) is 6.14. The highest BCUT2D eigenvalue weighted by atomic mass is 32.2. The number of benzene rings is 1. The minimum atomic E-state index is -4.32. The molecule has 0 fully saturated rings. The SMILES string of the molecule is CC(=O)Nc1cc(NS(=O)(=O)c2ccc([N+](=O)[O-])s2)c(F)cc1F. The molecule has 0 radical (unpaired) electrons. The van der Waals surface area contributed by atoms with E-state index < -0.39 is 53.1 Å². The molecular formula is C12H9F2N3O5S2. The number of nitro groups is 1. The fraction of sp³-hybridized carbons (Fsp3) is 0.0833. The van der Waals surface area contributed by atoms with Crippen LogP contribution in [0.2, 0.25) is 0 Å². The molecule has 0 saturated heterocycles. The highest BCUT2D eigenvalue weighted by molar-refractivity contribution is 7.94. The molecule has 1 amide bonds. The van der Waals surface area contributed by atoms with Gasteiger partial charge in [-0.25, -0.2) is 17.2 Å². The number of sulfonamides is 1. The van der Waals surface area contributed by atoms with Crippen molar-refractivity contribution >= 4 is 43.6 Å². The van der Waals surface area contributed by atoms with Crippen LogP contribution in [0.3, 0.4) is 0 Å². The molecule has 1 heterocycles. The minimum absolute atomic E-state index is 0.375. The fourth-order valence-electron chi connectivity index (χ4n) is 1.66. The quantitative estimate of drug-likeness (QED) is 0.613. The second kappa shape index (κ2) is 6.49. The molecule has 0 aliphatic rings. The molecule has 0 spiro atoms. The molecule has 128 valence electrons. The molecule has 0 aliphatic heterocycles. The molecule has 2 N–H and O–H groups in total. The number of thiophene rings is 1. The van der Waals surface area contributed by atoms with Gasteiger partial charge >= 0.3 is 5.00 Å². The summed E-state index contributed by atoms with van der Waals surface area (Å²) >= 11 is 0.375. The van der Waals surface area contributed by atoms with Crippen molar-refractivity contribution in [1.82, 2.24) is 0 Å². The van der Waals surface area contributed by atoms with Gasteiger partial charge in [-0.3, -0.25) is 19.6 Å². The number of hydrogen-bond donors (Lipinski definition) is 2. The van der Waals surface area contributed by atoms with E-state index in [1.807, 2.05) is 4.72 Å². The Morgan fingerprint density at radius 1 is 1.21 bits per heavy atom. The molecule has 2 aromatic rings. The lowest BCUT2D eigenvalue weighted by Gasteiger charge is -2.10. The highest BCUT2D eigenvalue weighted by Crippen LogP contribution is 2.31. The number of nitrogens with one attached hydrogen (secondary N) is 2. The molecule has 24 heavy (non-hydrogen) atoms. The fourth-order valence-corrected chi connectivity index (χ4v) is 3.83. The van der Waals surface area contributed by atoms with E-state index >= 15 is 0 Å². The van der Waals surface area contributed by atoms with Crippen molar-refractivity contribution in [3.8, 4) is 0 Å². The van der Waals surface area contributed by atoms with Gasteiger partial charge in [-0.1, -0.05) is 0 Å². The number of hydrogen-bond acceptors (Lipinski definition) is 6. The topological polar surface area (TPSA) is 118 Å². The summed E-state index contributed by atoms with van der Waals surface area (Å²) in [6.07, 6.45) is 0. The maximum atomic E-state index is 13.8. The van der Waals surface area contributed by atoms with Gasteiger partial charge in [0.1, 0.15) is 15.8 Å². The third kappa shape index (κ3) is 3.83. The number of nitrogens with zero attached hydrogens (tertiary/aromatic N) is 1. The summed E-state index contributed by atoms with van der Waals surface area (Å²) in [5.74, 6) is -2.93. The Morgan fingerprint density at radius 3 is 2.38 bits per heavy atom. The van der Waals surface area contributed by atoms with Gasteiger partial charge in [-0.2, -0.15) is 0 Å². The second-order valence-corrected chi connectivity index (χ2v) is 7.42. The summed E-state index contributed by atoms with van der Waals surface area (Å²) in [5, 5.41) is 12.3. The van der Waals surface area contributed by atoms with Crippen LogP contribution in [-0.4, -0.2) is 19.2 Å². The molecule has 0 saturated carbocycles. The van der Waals surface area contributed by atoms with Crippen LogP contribution >= 0.6 is 11.3 Å². The van der Waals surface area contributed by atoms with Gasteiger partial charge in [0.2, 0.25) is 5.91 Å². The third-order valence-electron chi connectivity index (χ3n) is 2.62. The number of carbonyl (C=O) groups excluding carboxylic acids is 1. The summed E-state index contributed by atoms with van der Waals surface area (Å²) in [4.78, 5) is 20.8. The van der Waals surface area contributed by atoms with E-state index in [1.54, 1.807) is 0 Å². The van der Waals surface area contributed by atoms with E-state index in [4.69, 9.17) is 0 Å². The number of anilines is 2. The molecule has 0 aliphatic carbocycles. The van der Waals surface area contributed by atoms with Crippen LogP contribution in [0, 0.1) is 21.7 Å². The molecule has 1 aromatic carbocycles. The second-order valence-electron chi connectivity index (χ2n) is 4.45. The van der Waals surface area contributed by atoms with Crippen LogP contribution in [0.1, 0.15) is 6.92 Å². The number of amides is 1. The Bertz CT molecular complexity index is 927. The van der Waals surface area contributed by atoms with Gasteiger partial charge in [0.05, 0.1) is 16.3 Å². The summed E-state index contributed by atoms with van der Waals surface area (Å²) < 4.78 is 53.0. The number of carbonyl (C=O) groups is 1. The van der Waals surface area contributed by atoms with E-state index in [1.165, 1.54) is 0 Å². The summed E-state index contributed by atoms with van der Waals surface area (Å²) in [7, 11) is -4.32. The average Bonchev–Trinajstić information content (AvgIpc) is 2.94. The standard InChI is InChI=1S/C12H9F2N3O5S2/c1-6(18)15-9-5-10(8(14)4-7(9)13)16-24(21,22)12-3-2-11(23-12)17(19)20/h2-5,16H,1H3,(H,15,18). The lowest BCUT2D eigenvalue weighted by molar-refractivity contribution is -0.380. The van der Waals surface area contributed by atoms with Gasteiger partial charge in [0.25, 0.3) is 10.0 Å². The van der Waals surface area contributed by atoms with E-state index in [9.17, 15) is 32.1 Å². The van der Waals surface area contributed by atoms with Crippen LogP contribution in [0.4, 0.5) is 25.2 Å². The maximum Gasteiger partial charge on any atom is 0.325 e. The van der Waals surface area contributed by atoms with E-state index in [2.05, 4.69) is 5.32 Å². The molecular weight excluding hydrogens is 368 g/mol. The van der Waals surface area contributed by atoms with Crippen LogP contribution in [0.25, 0.3) is 0 Å². The molecule has 0 atom stereocenters. The van der Waals surface area contributed by atoms with Crippen LogP contribution < -0.4 is 10.0 Å². The lowest BCUT2D eigenvalue weighted by Crippen LogP contribution is -2.14. The van der Waals surface area contributed by atoms with Crippen molar-refractivity contribution in [2.24, 2.45) is 0 Å². The predicted molar refractivity (Wildman–Crippen MR) is 82.4 cm³/mol. The molecule has 0 unspecified atom stereocenters. The minimum Gasteiger partial charge on any atom is -0.324 e. The highest BCUT2D eigenvalue weighted by Gasteiger charge is 2.23. The molecule has 1 aromatic heterocycles. The Hall–Kier alpha value is -2.60. The number of rotatable bonds is 5. The Morgan fingerprint density at radius 2 is 1.83 bits per heavy atom. The van der Waals surface area contributed by atoms with E-state index in [-0.39, 0.29) is 0 Å². The largest absolute Gasteiger partial charge is 0.325 e. The van der Waals surface area contributed by atoms with E-state index in [0.717, 1.165) is 25.1 Å².